The fraction of sp³-hybridized carbons (Fsp3) is 0.133. The van der Waals surface area contributed by atoms with Crippen molar-refractivity contribution in [3.63, 3.8) is 0 Å². The van der Waals surface area contributed by atoms with E-state index in [4.69, 9.17) is 4.74 Å². The van der Waals surface area contributed by atoms with Gasteiger partial charge in [0.1, 0.15) is 11.6 Å². The van der Waals surface area contributed by atoms with Gasteiger partial charge >= 0.3 is 0 Å². The summed E-state index contributed by atoms with van der Waals surface area (Å²) in [5.41, 5.74) is 0.463. The second-order valence-electron chi connectivity index (χ2n) is 4.02. The Bertz CT molecular complexity index is 587. The monoisotopic (exact) mass is 291 g/mol. The number of nitrogens with one attached hydrogen (secondary N) is 1. The summed E-state index contributed by atoms with van der Waals surface area (Å²) in [5.74, 6) is 0.503. The average Bonchev–Trinajstić information content (AvgIpc) is 2.46. The molecule has 3 nitrogen and oxygen atoms in total. The minimum Gasteiger partial charge on any atom is -0.497 e. The van der Waals surface area contributed by atoms with Crippen molar-refractivity contribution in [2.24, 2.45) is 0 Å². The van der Waals surface area contributed by atoms with E-state index in [9.17, 15) is 9.18 Å². The van der Waals surface area contributed by atoms with E-state index >= 15 is 0 Å². The summed E-state index contributed by atoms with van der Waals surface area (Å²) < 4.78 is 18.0. The molecule has 0 saturated heterocycles. The van der Waals surface area contributed by atoms with E-state index in [2.05, 4.69) is 5.32 Å². The maximum atomic E-state index is 13.0. The van der Waals surface area contributed by atoms with E-state index in [0.29, 0.717) is 5.69 Å². The van der Waals surface area contributed by atoms with Crippen molar-refractivity contribution < 1.29 is 13.9 Å². The molecule has 1 amide bonds. The molecule has 0 aliphatic heterocycles. The predicted molar refractivity (Wildman–Crippen MR) is 78.7 cm³/mol. The SMILES string of the molecule is COc1ccc(SCC(=O)Nc2cccc(F)c2)cc1. The number of ether oxygens (including phenoxy) is 1. The van der Waals surface area contributed by atoms with Crippen LogP contribution in [0.3, 0.4) is 0 Å². The zero-order chi connectivity index (χ0) is 14.4. The van der Waals surface area contributed by atoms with Crippen LogP contribution in [0.2, 0.25) is 0 Å². The smallest absolute Gasteiger partial charge is 0.234 e. The first kappa shape index (κ1) is 14.4. The molecule has 2 aromatic carbocycles. The van der Waals surface area contributed by atoms with Gasteiger partial charge in [-0.15, -0.1) is 11.8 Å². The third-order valence-corrected chi connectivity index (χ3v) is 3.55. The fourth-order valence-electron chi connectivity index (χ4n) is 1.58. The minimum absolute atomic E-state index is 0.170. The molecule has 0 unspecified atom stereocenters. The summed E-state index contributed by atoms with van der Waals surface area (Å²) >= 11 is 1.41. The summed E-state index contributed by atoms with van der Waals surface area (Å²) in [6, 6.07) is 13.3. The molecule has 5 heteroatoms. The van der Waals surface area contributed by atoms with E-state index < -0.39 is 0 Å². The molecule has 0 aromatic heterocycles. The number of benzene rings is 2. The van der Waals surface area contributed by atoms with Gasteiger partial charge in [0.25, 0.3) is 0 Å². The molecule has 0 aliphatic rings. The molecule has 0 spiro atoms. The predicted octanol–water partition coefficient (Wildman–Crippen LogP) is 3.57. The molecule has 0 bridgehead atoms. The van der Waals surface area contributed by atoms with Crippen LogP contribution in [0.1, 0.15) is 0 Å². The van der Waals surface area contributed by atoms with Crippen LogP contribution in [-0.4, -0.2) is 18.8 Å². The molecular formula is C15H14FNO2S. The number of hydrogen-bond acceptors (Lipinski definition) is 3. The van der Waals surface area contributed by atoms with Crippen molar-refractivity contribution >= 4 is 23.4 Å². The van der Waals surface area contributed by atoms with Gasteiger partial charge in [-0.1, -0.05) is 6.07 Å². The zero-order valence-electron chi connectivity index (χ0n) is 10.9. The average molecular weight is 291 g/mol. The molecule has 0 saturated carbocycles. The summed E-state index contributed by atoms with van der Waals surface area (Å²) in [5, 5.41) is 2.65. The van der Waals surface area contributed by atoms with Gasteiger partial charge in [-0.3, -0.25) is 4.79 Å². The molecule has 0 fully saturated rings. The van der Waals surface area contributed by atoms with E-state index in [-0.39, 0.29) is 17.5 Å². The molecule has 0 radical (unpaired) electrons. The standard InChI is InChI=1S/C15H14FNO2S/c1-19-13-5-7-14(8-6-13)20-10-15(18)17-12-4-2-3-11(16)9-12/h2-9H,10H2,1H3,(H,17,18). The molecule has 0 heterocycles. The lowest BCUT2D eigenvalue weighted by molar-refractivity contribution is -0.113. The van der Waals surface area contributed by atoms with Gasteiger partial charge in [0.15, 0.2) is 0 Å². The number of carbonyl (C=O) groups excluding carboxylic acids is 1. The second-order valence-corrected chi connectivity index (χ2v) is 5.07. The van der Waals surface area contributed by atoms with Crippen LogP contribution in [0.4, 0.5) is 10.1 Å². The highest BCUT2D eigenvalue weighted by molar-refractivity contribution is 8.00. The quantitative estimate of drug-likeness (QED) is 0.856. The lowest BCUT2D eigenvalue weighted by Gasteiger charge is -2.06. The molecule has 2 aromatic rings. The largest absolute Gasteiger partial charge is 0.497 e. The zero-order valence-corrected chi connectivity index (χ0v) is 11.7. The van der Waals surface area contributed by atoms with E-state index in [1.807, 2.05) is 24.3 Å². The Labute approximate surface area is 121 Å². The first-order valence-corrected chi connectivity index (χ1v) is 6.98. The van der Waals surface area contributed by atoms with E-state index in [1.54, 1.807) is 19.2 Å². The fourth-order valence-corrected chi connectivity index (χ4v) is 2.28. The van der Waals surface area contributed by atoms with Gasteiger partial charge < -0.3 is 10.1 Å². The maximum absolute atomic E-state index is 13.0. The van der Waals surface area contributed by atoms with Crippen molar-refractivity contribution in [2.75, 3.05) is 18.2 Å². The number of halogens is 1. The highest BCUT2D eigenvalue weighted by Gasteiger charge is 2.04. The topological polar surface area (TPSA) is 38.3 Å². The summed E-state index contributed by atoms with van der Waals surface area (Å²) in [4.78, 5) is 12.7. The van der Waals surface area contributed by atoms with Gasteiger partial charge in [0.2, 0.25) is 5.91 Å². The van der Waals surface area contributed by atoms with Crippen molar-refractivity contribution in [2.45, 2.75) is 4.90 Å². The molecule has 1 N–H and O–H groups in total. The number of rotatable bonds is 5. The van der Waals surface area contributed by atoms with Crippen LogP contribution in [0, 0.1) is 5.82 Å². The lowest BCUT2D eigenvalue weighted by Crippen LogP contribution is -2.13. The Hall–Kier alpha value is -2.01. The van der Waals surface area contributed by atoms with Crippen LogP contribution < -0.4 is 10.1 Å². The Morgan fingerprint density at radius 1 is 1.25 bits per heavy atom. The van der Waals surface area contributed by atoms with Crippen molar-refractivity contribution in [1.82, 2.24) is 0 Å². The number of amides is 1. The molecule has 0 atom stereocenters. The third kappa shape index (κ3) is 4.28. The van der Waals surface area contributed by atoms with Crippen molar-refractivity contribution in [1.29, 1.82) is 0 Å². The number of carbonyl (C=O) groups is 1. The minimum atomic E-state index is -0.370. The van der Waals surface area contributed by atoms with Crippen LogP contribution in [0.15, 0.2) is 53.4 Å². The molecule has 2 rings (SSSR count). The normalized spacial score (nSPS) is 10.1. The van der Waals surface area contributed by atoms with E-state index in [1.165, 1.54) is 23.9 Å². The first-order chi connectivity index (χ1) is 9.67. The Balaban J connectivity index is 1.85. The van der Waals surface area contributed by atoms with Crippen LogP contribution in [0.25, 0.3) is 0 Å². The lowest BCUT2D eigenvalue weighted by atomic mass is 10.3. The first-order valence-electron chi connectivity index (χ1n) is 5.99. The summed E-state index contributed by atoms with van der Waals surface area (Å²) in [6.45, 7) is 0. The van der Waals surface area contributed by atoms with Gasteiger partial charge in [-0.25, -0.2) is 4.39 Å². The Kier molecular flexibility index (Phi) is 5.01. The summed E-state index contributed by atoms with van der Waals surface area (Å²) in [7, 11) is 1.61. The number of methoxy groups -OCH3 is 1. The van der Waals surface area contributed by atoms with Crippen LogP contribution >= 0.6 is 11.8 Å². The van der Waals surface area contributed by atoms with Gasteiger partial charge in [0, 0.05) is 10.6 Å². The molecular weight excluding hydrogens is 277 g/mol. The number of hydrogen-bond donors (Lipinski definition) is 1. The molecule has 20 heavy (non-hydrogen) atoms. The maximum Gasteiger partial charge on any atom is 0.234 e. The van der Waals surface area contributed by atoms with Crippen molar-refractivity contribution in [3.8, 4) is 5.75 Å². The van der Waals surface area contributed by atoms with Crippen molar-refractivity contribution in [3.05, 3.63) is 54.3 Å². The second kappa shape index (κ2) is 6.96. The third-order valence-electron chi connectivity index (χ3n) is 2.54. The van der Waals surface area contributed by atoms with Gasteiger partial charge in [0.05, 0.1) is 12.9 Å². The Morgan fingerprint density at radius 3 is 2.65 bits per heavy atom. The Morgan fingerprint density at radius 2 is 2.00 bits per heavy atom. The highest BCUT2D eigenvalue weighted by atomic mass is 32.2. The van der Waals surface area contributed by atoms with Crippen LogP contribution in [0.5, 0.6) is 5.75 Å². The van der Waals surface area contributed by atoms with Gasteiger partial charge in [-0.05, 0) is 42.5 Å². The number of anilines is 1. The van der Waals surface area contributed by atoms with E-state index in [0.717, 1.165) is 10.6 Å². The molecule has 0 aliphatic carbocycles. The van der Waals surface area contributed by atoms with Crippen LogP contribution in [-0.2, 0) is 4.79 Å². The summed E-state index contributed by atoms with van der Waals surface area (Å²) in [6.07, 6.45) is 0. The highest BCUT2D eigenvalue weighted by Crippen LogP contribution is 2.21. The van der Waals surface area contributed by atoms with Gasteiger partial charge in [-0.2, -0.15) is 0 Å². The molecule has 104 valence electrons. The number of thioether (sulfide) groups is 1.